The van der Waals surface area contributed by atoms with Crippen LogP contribution in [0.25, 0.3) is 5.69 Å². The number of nitrogens with zero attached hydrogens (tertiary/aromatic N) is 3. The molecule has 2 heterocycles. The zero-order valence-electron chi connectivity index (χ0n) is 10.8. The molecule has 1 fully saturated rings. The summed E-state index contributed by atoms with van der Waals surface area (Å²) in [5.41, 5.74) is 2.57. The Labute approximate surface area is 108 Å². The van der Waals surface area contributed by atoms with Crippen LogP contribution in [-0.4, -0.2) is 27.0 Å². The van der Waals surface area contributed by atoms with Crippen LogP contribution in [0.3, 0.4) is 0 Å². The minimum atomic E-state index is 0.735. The lowest BCUT2D eigenvalue weighted by molar-refractivity contribution is 0.260. The third-order valence-electron chi connectivity index (χ3n) is 3.82. The van der Waals surface area contributed by atoms with E-state index < -0.39 is 0 Å². The summed E-state index contributed by atoms with van der Waals surface area (Å²) in [5, 5.41) is 0. The minimum Gasteiger partial charge on any atom is -0.306 e. The standard InChI is InChI=1S/C15H19N3/c1-13-3-2-9-17(13)11-14-4-6-15(7-5-14)18-10-8-16-12-18/h4-8,10,12-13H,2-3,9,11H2,1H3. The average molecular weight is 241 g/mol. The number of aromatic nitrogens is 2. The van der Waals surface area contributed by atoms with Crippen LogP contribution in [0.1, 0.15) is 25.3 Å². The molecule has 94 valence electrons. The van der Waals surface area contributed by atoms with Gasteiger partial charge in [0.2, 0.25) is 0 Å². The molecule has 0 amide bonds. The number of benzene rings is 1. The summed E-state index contributed by atoms with van der Waals surface area (Å²) in [5.74, 6) is 0. The monoisotopic (exact) mass is 241 g/mol. The van der Waals surface area contributed by atoms with Gasteiger partial charge in [0.15, 0.2) is 0 Å². The lowest BCUT2D eigenvalue weighted by Crippen LogP contribution is -2.26. The van der Waals surface area contributed by atoms with Gasteiger partial charge in [-0.1, -0.05) is 12.1 Å². The smallest absolute Gasteiger partial charge is 0.0991 e. The van der Waals surface area contributed by atoms with Gasteiger partial charge in [-0.3, -0.25) is 4.90 Å². The molecule has 1 atom stereocenters. The molecule has 0 radical (unpaired) electrons. The second-order valence-electron chi connectivity index (χ2n) is 5.10. The van der Waals surface area contributed by atoms with Gasteiger partial charge in [0, 0.05) is 30.7 Å². The first-order valence-corrected chi connectivity index (χ1v) is 6.64. The van der Waals surface area contributed by atoms with Gasteiger partial charge >= 0.3 is 0 Å². The Morgan fingerprint density at radius 3 is 2.72 bits per heavy atom. The lowest BCUT2D eigenvalue weighted by Gasteiger charge is -2.21. The highest BCUT2D eigenvalue weighted by Crippen LogP contribution is 2.20. The zero-order chi connectivity index (χ0) is 12.4. The van der Waals surface area contributed by atoms with Crippen molar-refractivity contribution in [2.24, 2.45) is 0 Å². The van der Waals surface area contributed by atoms with Crippen molar-refractivity contribution in [3.63, 3.8) is 0 Å². The van der Waals surface area contributed by atoms with Crippen molar-refractivity contribution in [2.45, 2.75) is 32.4 Å². The van der Waals surface area contributed by atoms with Crippen LogP contribution in [0.15, 0.2) is 43.0 Å². The molecule has 1 aromatic carbocycles. The van der Waals surface area contributed by atoms with Crippen LogP contribution in [0.4, 0.5) is 0 Å². The van der Waals surface area contributed by atoms with Gasteiger partial charge in [0.1, 0.15) is 0 Å². The number of likely N-dealkylation sites (tertiary alicyclic amines) is 1. The van der Waals surface area contributed by atoms with E-state index in [-0.39, 0.29) is 0 Å². The van der Waals surface area contributed by atoms with E-state index in [1.807, 2.05) is 17.1 Å². The van der Waals surface area contributed by atoms with Crippen LogP contribution in [-0.2, 0) is 6.54 Å². The Kier molecular flexibility index (Phi) is 3.15. The van der Waals surface area contributed by atoms with Gasteiger partial charge in [-0.15, -0.1) is 0 Å². The van der Waals surface area contributed by atoms with Gasteiger partial charge in [-0.05, 0) is 44.0 Å². The molecular weight excluding hydrogens is 222 g/mol. The SMILES string of the molecule is CC1CCCN1Cc1ccc(-n2ccnc2)cc1. The summed E-state index contributed by atoms with van der Waals surface area (Å²) in [7, 11) is 0. The molecule has 3 heteroatoms. The van der Waals surface area contributed by atoms with Crippen molar-refractivity contribution in [1.82, 2.24) is 14.5 Å². The Morgan fingerprint density at radius 1 is 1.28 bits per heavy atom. The maximum atomic E-state index is 4.07. The van der Waals surface area contributed by atoms with E-state index in [4.69, 9.17) is 0 Å². The molecule has 2 aromatic rings. The van der Waals surface area contributed by atoms with Gasteiger partial charge in [-0.25, -0.2) is 4.98 Å². The molecule has 0 spiro atoms. The summed E-state index contributed by atoms with van der Waals surface area (Å²) < 4.78 is 2.03. The number of hydrogen-bond donors (Lipinski definition) is 0. The number of rotatable bonds is 3. The van der Waals surface area contributed by atoms with Crippen LogP contribution < -0.4 is 0 Å². The third-order valence-corrected chi connectivity index (χ3v) is 3.82. The second-order valence-corrected chi connectivity index (χ2v) is 5.10. The van der Waals surface area contributed by atoms with E-state index in [1.165, 1.54) is 30.6 Å². The first-order valence-electron chi connectivity index (χ1n) is 6.64. The Bertz CT molecular complexity index is 487. The zero-order valence-corrected chi connectivity index (χ0v) is 10.8. The quantitative estimate of drug-likeness (QED) is 0.824. The Morgan fingerprint density at radius 2 is 2.11 bits per heavy atom. The minimum absolute atomic E-state index is 0.735. The molecule has 1 saturated heterocycles. The molecule has 1 aromatic heterocycles. The predicted octanol–water partition coefficient (Wildman–Crippen LogP) is 2.86. The number of hydrogen-bond acceptors (Lipinski definition) is 2. The van der Waals surface area contributed by atoms with Crippen LogP contribution in [0.2, 0.25) is 0 Å². The predicted molar refractivity (Wildman–Crippen MR) is 72.7 cm³/mol. The summed E-state index contributed by atoms with van der Waals surface area (Å²) in [6, 6.07) is 9.51. The van der Waals surface area contributed by atoms with Crippen molar-refractivity contribution in [2.75, 3.05) is 6.54 Å². The van der Waals surface area contributed by atoms with Crippen LogP contribution >= 0.6 is 0 Å². The second kappa shape index (κ2) is 4.94. The molecule has 3 rings (SSSR count). The molecule has 1 aliphatic rings. The molecule has 0 aliphatic carbocycles. The Balaban J connectivity index is 1.71. The number of imidazole rings is 1. The molecule has 18 heavy (non-hydrogen) atoms. The highest BCUT2D eigenvalue weighted by Gasteiger charge is 2.19. The average Bonchev–Trinajstić information content (AvgIpc) is 3.03. The van der Waals surface area contributed by atoms with E-state index in [0.717, 1.165) is 12.6 Å². The van der Waals surface area contributed by atoms with Crippen LogP contribution in [0, 0.1) is 0 Å². The highest BCUT2D eigenvalue weighted by atomic mass is 15.2. The topological polar surface area (TPSA) is 21.1 Å². The van der Waals surface area contributed by atoms with Crippen molar-refractivity contribution in [3.8, 4) is 5.69 Å². The third kappa shape index (κ3) is 2.31. The molecule has 1 aliphatic heterocycles. The highest BCUT2D eigenvalue weighted by molar-refractivity contribution is 5.34. The normalized spacial score (nSPS) is 20.4. The fraction of sp³-hybridized carbons (Fsp3) is 0.400. The molecule has 0 N–H and O–H groups in total. The summed E-state index contributed by atoms with van der Waals surface area (Å²) in [6.07, 6.45) is 8.29. The summed E-state index contributed by atoms with van der Waals surface area (Å²) in [4.78, 5) is 6.63. The van der Waals surface area contributed by atoms with Gasteiger partial charge in [0.05, 0.1) is 6.33 Å². The Hall–Kier alpha value is -1.61. The molecule has 0 saturated carbocycles. The van der Waals surface area contributed by atoms with Gasteiger partial charge in [-0.2, -0.15) is 0 Å². The van der Waals surface area contributed by atoms with Crippen molar-refractivity contribution >= 4 is 0 Å². The first kappa shape index (κ1) is 11.5. The maximum Gasteiger partial charge on any atom is 0.0991 e. The molecule has 3 nitrogen and oxygen atoms in total. The largest absolute Gasteiger partial charge is 0.306 e. The fourth-order valence-corrected chi connectivity index (χ4v) is 2.65. The van der Waals surface area contributed by atoms with E-state index in [1.54, 1.807) is 6.20 Å². The van der Waals surface area contributed by atoms with Crippen molar-refractivity contribution < 1.29 is 0 Å². The van der Waals surface area contributed by atoms with E-state index >= 15 is 0 Å². The van der Waals surface area contributed by atoms with Crippen molar-refractivity contribution in [3.05, 3.63) is 48.5 Å². The lowest BCUT2D eigenvalue weighted by atomic mass is 10.2. The van der Waals surface area contributed by atoms with E-state index in [0.29, 0.717) is 0 Å². The maximum absolute atomic E-state index is 4.07. The van der Waals surface area contributed by atoms with Crippen LogP contribution in [0.5, 0.6) is 0 Å². The van der Waals surface area contributed by atoms with E-state index in [9.17, 15) is 0 Å². The first-order chi connectivity index (χ1) is 8.83. The fourth-order valence-electron chi connectivity index (χ4n) is 2.65. The molecule has 1 unspecified atom stereocenters. The van der Waals surface area contributed by atoms with Gasteiger partial charge in [0.25, 0.3) is 0 Å². The summed E-state index contributed by atoms with van der Waals surface area (Å²) >= 11 is 0. The van der Waals surface area contributed by atoms with Crippen molar-refractivity contribution in [1.29, 1.82) is 0 Å². The molecular formula is C15H19N3. The molecule has 0 bridgehead atoms. The summed E-state index contributed by atoms with van der Waals surface area (Å²) in [6.45, 7) is 4.64. The van der Waals surface area contributed by atoms with Gasteiger partial charge < -0.3 is 4.57 Å². The van der Waals surface area contributed by atoms with E-state index in [2.05, 4.69) is 41.1 Å².